The van der Waals surface area contributed by atoms with Gasteiger partial charge in [-0.1, -0.05) is 6.92 Å². The van der Waals surface area contributed by atoms with E-state index in [4.69, 9.17) is 0 Å². The van der Waals surface area contributed by atoms with Gasteiger partial charge in [-0.15, -0.1) is 0 Å². The van der Waals surface area contributed by atoms with Gasteiger partial charge in [0.25, 0.3) is 5.91 Å². The predicted molar refractivity (Wildman–Crippen MR) is 84.6 cm³/mol. The molecule has 1 atom stereocenters. The topological polar surface area (TPSA) is 50.2 Å². The Morgan fingerprint density at radius 2 is 2.08 bits per heavy atom. The first-order valence-corrected chi connectivity index (χ1v) is 8.14. The van der Waals surface area contributed by atoms with Crippen molar-refractivity contribution in [3.63, 3.8) is 0 Å². The van der Waals surface area contributed by atoms with Crippen LogP contribution in [-0.4, -0.2) is 45.8 Å². The molecule has 2 rings (SSSR count). The molecule has 0 unspecified atom stereocenters. The molecular formula is C16H25F3N4O. The van der Waals surface area contributed by atoms with Crippen LogP contribution in [0.2, 0.25) is 0 Å². The van der Waals surface area contributed by atoms with E-state index in [1.807, 2.05) is 13.8 Å². The minimum atomic E-state index is -4.56. The third kappa shape index (κ3) is 4.72. The minimum Gasteiger partial charge on any atom is -0.345 e. The lowest BCUT2D eigenvalue weighted by Crippen LogP contribution is -2.53. The summed E-state index contributed by atoms with van der Waals surface area (Å²) in [7, 11) is 1.34. The first-order chi connectivity index (χ1) is 11.0. The van der Waals surface area contributed by atoms with Gasteiger partial charge in [-0.25, -0.2) is 0 Å². The average Bonchev–Trinajstić information content (AvgIpc) is 2.79. The quantitative estimate of drug-likeness (QED) is 0.912. The van der Waals surface area contributed by atoms with E-state index >= 15 is 0 Å². The Labute approximate surface area is 140 Å². The van der Waals surface area contributed by atoms with E-state index in [2.05, 4.69) is 22.2 Å². The summed E-state index contributed by atoms with van der Waals surface area (Å²) in [5.41, 5.74) is -1.70. The fourth-order valence-electron chi connectivity index (χ4n) is 3.22. The lowest BCUT2D eigenvalue weighted by Gasteiger charge is -2.37. The molecule has 1 N–H and O–H groups in total. The van der Waals surface area contributed by atoms with Crippen LogP contribution in [0.1, 0.15) is 49.8 Å². The zero-order chi connectivity index (χ0) is 18.1. The number of carbonyl (C=O) groups is 1. The summed E-state index contributed by atoms with van der Waals surface area (Å²) >= 11 is 0. The van der Waals surface area contributed by atoms with Crippen molar-refractivity contribution in [1.82, 2.24) is 20.0 Å². The van der Waals surface area contributed by atoms with Crippen LogP contribution in [-0.2, 0) is 13.2 Å². The highest BCUT2D eigenvalue weighted by atomic mass is 19.4. The van der Waals surface area contributed by atoms with Crippen LogP contribution < -0.4 is 5.32 Å². The normalized spacial score (nSPS) is 20.2. The lowest BCUT2D eigenvalue weighted by molar-refractivity contribution is -0.141. The van der Waals surface area contributed by atoms with Gasteiger partial charge < -0.3 is 10.2 Å². The maximum absolute atomic E-state index is 12.7. The molecule has 8 heteroatoms. The second-order valence-electron chi connectivity index (χ2n) is 7.36. The van der Waals surface area contributed by atoms with Gasteiger partial charge in [0, 0.05) is 31.7 Å². The van der Waals surface area contributed by atoms with Crippen molar-refractivity contribution in [2.45, 2.75) is 45.3 Å². The summed E-state index contributed by atoms with van der Waals surface area (Å²) in [5, 5.41) is 6.21. The number of carbonyl (C=O) groups excluding carboxylic acids is 1. The van der Waals surface area contributed by atoms with Crippen LogP contribution in [0.25, 0.3) is 0 Å². The molecule has 1 aromatic heterocycles. The molecule has 1 aliphatic rings. The number of amides is 1. The van der Waals surface area contributed by atoms with Crippen LogP contribution >= 0.6 is 0 Å². The number of aromatic nitrogens is 2. The number of aryl methyl sites for hydroxylation is 1. The van der Waals surface area contributed by atoms with Crippen molar-refractivity contribution >= 4 is 5.91 Å². The zero-order valence-corrected chi connectivity index (χ0v) is 14.6. The first kappa shape index (κ1) is 18.8. The van der Waals surface area contributed by atoms with E-state index in [9.17, 15) is 18.0 Å². The minimum absolute atomic E-state index is 0.0950. The first-order valence-electron chi connectivity index (χ1n) is 8.14. The molecular weight excluding hydrogens is 321 g/mol. The Morgan fingerprint density at radius 1 is 1.42 bits per heavy atom. The smallest absolute Gasteiger partial charge is 0.345 e. The Balaban J connectivity index is 2.03. The number of rotatable bonds is 4. The van der Waals surface area contributed by atoms with Gasteiger partial charge in [0.1, 0.15) is 5.69 Å². The highest BCUT2D eigenvalue weighted by Gasteiger charge is 2.36. The fourth-order valence-corrected chi connectivity index (χ4v) is 3.22. The van der Waals surface area contributed by atoms with Crippen LogP contribution in [0.5, 0.6) is 0 Å². The third-order valence-corrected chi connectivity index (χ3v) is 4.21. The summed E-state index contributed by atoms with van der Waals surface area (Å²) in [6.07, 6.45) is -2.23. The number of likely N-dealkylation sites (tertiary alicyclic amines) is 1. The molecule has 2 heterocycles. The summed E-state index contributed by atoms with van der Waals surface area (Å²) < 4.78 is 39.1. The van der Waals surface area contributed by atoms with Gasteiger partial charge in [-0.2, -0.15) is 18.3 Å². The monoisotopic (exact) mass is 346 g/mol. The molecule has 1 aromatic rings. The largest absolute Gasteiger partial charge is 0.435 e. The highest BCUT2D eigenvalue weighted by molar-refractivity contribution is 5.93. The van der Waals surface area contributed by atoms with E-state index in [-0.39, 0.29) is 5.69 Å². The molecule has 0 bridgehead atoms. The number of hydrogen-bond donors (Lipinski definition) is 1. The second kappa shape index (κ2) is 6.74. The molecule has 0 radical (unpaired) electrons. The molecule has 24 heavy (non-hydrogen) atoms. The predicted octanol–water partition coefficient (Wildman–Crippen LogP) is 2.68. The van der Waals surface area contributed by atoms with Gasteiger partial charge in [0.15, 0.2) is 5.69 Å². The second-order valence-corrected chi connectivity index (χ2v) is 7.36. The maximum atomic E-state index is 12.7. The molecule has 0 aliphatic carbocycles. The maximum Gasteiger partial charge on any atom is 0.435 e. The molecule has 0 spiro atoms. The Bertz CT molecular complexity index is 595. The SMILES string of the molecule is C[C@H]1CCCN(CC(C)(C)NC(=O)c2cc(C(F)(F)F)nn2C)C1. The summed E-state index contributed by atoms with van der Waals surface area (Å²) in [4.78, 5) is 14.7. The summed E-state index contributed by atoms with van der Waals surface area (Å²) in [5.74, 6) is 0.0761. The molecule has 5 nitrogen and oxygen atoms in total. The molecule has 1 aliphatic heterocycles. The van der Waals surface area contributed by atoms with Crippen molar-refractivity contribution in [2.75, 3.05) is 19.6 Å². The third-order valence-electron chi connectivity index (χ3n) is 4.21. The molecule has 136 valence electrons. The van der Waals surface area contributed by atoms with Crippen LogP contribution in [0.3, 0.4) is 0 Å². The molecule has 0 aromatic carbocycles. The van der Waals surface area contributed by atoms with Crippen molar-refractivity contribution in [2.24, 2.45) is 13.0 Å². The number of halogens is 3. The number of nitrogens with zero attached hydrogens (tertiary/aromatic N) is 3. The Hall–Kier alpha value is -1.57. The van der Waals surface area contributed by atoms with E-state index in [1.165, 1.54) is 13.5 Å². The lowest BCUT2D eigenvalue weighted by atomic mass is 9.97. The number of hydrogen-bond acceptors (Lipinski definition) is 3. The van der Waals surface area contributed by atoms with Gasteiger partial charge in [-0.3, -0.25) is 9.48 Å². The van der Waals surface area contributed by atoms with Crippen LogP contribution in [0.15, 0.2) is 6.07 Å². The molecule has 1 fully saturated rings. The van der Waals surface area contributed by atoms with Gasteiger partial charge in [0.05, 0.1) is 0 Å². The van der Waals surface area contributed by atoms with Crippen molar-refractivity contribution in [3.05, 3.63) is 17.5 Å². The van der Waals surface area contributed by atoms with E-state index in [1.54, 1.807) is 0 Å². The van der Waals surface area contributed by atoms with Gasteiger partial charge >= 0.3 is 6.18 Å². The van der Waals surface area contributed by atoms with Crippen molar-refractivity contribution in [3.8, 4) is 0 Å². The zero-order valence-electron chi connectivity index (χ0n) is 14.6. The average molecular weight is 346 g/mol. The van der Waals surface area contributed by atoms with Gasteiger partial charge in [-0.05, 0) is 39.2 Å². The molecule has 0 saturated carbocycles. The van der Waals surface area contributed by atoms with Crippen LogP contribution in [0.4, 0.5) is 13.2 Å². The van der Waals surface area contributed by atoms with E-state index in [0.29, 0.717) is 12.5 Å². The van der Waals surface area contributed by atoms with E-state index in [0.717, 1.165) is 30.3 Å². The van der Waals surface area contributed by atoms with E-state index < -0.39 is 23.3 Å². The Morgan fingerprint density at radius 3 is 2.62 bits per heavy atom. The van der Waals surface area contributed by atoms with Crippen molar-refractivity contribution < 1.29 is 18.0 Å². The number of nitrogens with one attached hydrogen (secondary N) is 1. The summed E-state index contributed by atoms with van der Waals surface area (Å²) in [6.45, 7) is 8.58. The highest BCUT2D eigenvalue weighted by Crippen LogP contribution is 2.28. The van der Waals surface area contributed by atoms with Crippen LogP contribution in [0, 0.1) is 5.92 Å². The van der Waals surface area contributed by atoms with Gasteiger partial charge in [0.2, 0.25) is 0 Å². The standard InChI is InChI=1S/C16H25F3N4O/c1-11-6-5-7-23(9-11)10-15(2,3)20-14(24)12-8-13(16(17,18)19)21-22(12)4/h8,11H,5-7,9-10H2,1-4H3,(H,20,24)/t11-/m0/s1. The molecule has 1 saturated heterocycles. The molecule has 1 amide bonds. The fraction of sp³-hybridized carbons (Fsp3) is 0.750. The number of alkyl halides is 3. The van der Waals surface area contributed by atoms with Crippen molar-refractivity contribution in [1.29, 1.82) is 0 Å². The Kier molecular flexibility index (Phi) is 5.27. The number of piperidine rings is 1. The summed E-state index contributed by atoms with van der Waals surface area (Å²) in [6, 6.07) is 0.786.